The van der Waals surface area contributed by atoms with Gasteiger partial charge in [-0.25, -0.2) is 4.98 Å². The Bertz CT molecular complexity index is 1580. The van der Waals surface area contributed by atoms with Crippen LogP contribution in [0.4, 0.5) is 5.82 Å². The van der Waals surface area contributed by atoms with E-state index in [-0.39, 0.29) is 64.1 Å². The average molecular weight is 676 g/mol. The molecule has 6 rings (SSSR count). The number of fused-ring (bicyclic) bond motifs is 7. The summed E-state index contributed by atoms with van der Waals surface area (Å²) < 4.78 is 6.13. The minimum Gasteiger partial charge on any atom is -0.481 e. The van der Waals surface area contributed by atoms with Crippen LogP contribution in [0, 0.1) is 56.2 Å². The maximum Gasteiger partial charge on any atom is 0.309 e. The smallest absolute Gasteiger partial charge is 0.309 e. The normalized spacial score (nSPS) is 38.2. The van der Waals surface area contributed by atoms with Crippen LogP contribution < -0.4 is 5.32 Å². The minimum atomic E-state index is -1.17. The molecule has 0 bridgehead atoms. The molecule has 1 heterocycles. The summed E-state index contributed by atoms with van der Waals surface area (Å²) in [5, 5.41) is 12.6. The number of ether oxygens (including phenoxy) is 1. The third-order valence-corrected chi connectivity index (χ3v) is 15.0. The molecular weight excluding hydrogens is 618 g/mol. The topological polar surface area (TPSA) is 136 Å². The zero-order chi connectivity index (χ0) is 35.9. The van der Waals surface area contributed by atoms with Crippen LogP contribution >= 0.6 is 0 Å². The number of rotatable bonds is 7. The molecule has 0 unspecified atom stereocenters. The monoisotopic (exact) mass is 675 g/mol. The van der Waals surface area contributed by atoms with Crippen molar-refractivity contribution in [1.29, 1.82) is 0 Å². The van der Waals surface area contributed by atoms with Crippen molar-refractivity contribution in [3.63, 3.8) is 0 Å². The summed E-state index contributed by atoms with van der Waals surface area (Å²) in [6, 6.07) is 0. The summed E-state index contributed by atoms with van der Waals surface area (Å²) in [6.45, 7) is 19.3. The van der Waals surface area contributed by atoms with E-state index in [4.69, 9.17) is 4.74 Å². The molecule has 0 spiro atoms. The molecule has 4 fully saturated rings. The Morgan fingerprint density at radius 2 is 1.67 bits per heavy atom. The summed E-state index contributed by atoms with van der Waals surface area (Å²) in [6.07, 6.45) is 11.8. The Labute approximate surface area is 291 Å². The zero-order valence-corrected chi connectivity index (χ0v) is 31.1. The maximum atomic E-state index is 14.3. The van der Waals surface area contributed by atoms with Gasteiger partial charge in [-0.2, -0.15) is 0 Å². The SMILES string of the molecule is CC(C)C1=C2[C@H]3CC[C@@H]4[C@@]5(C)CC[C@H](OC(=O)CC(C)(C)C(=O)O)C(C)(C)[C@@H]5CC[C@@]4(C)[C@]3(C)CC[C@@]2(C(=O)Nc2cnccn2)CC1=O. The Balaban J connectivity index is 1.31. The van der Waals surface area contributed by atoms with Crippen molar-refractivity contribution in [2.45, 2.75) is 133 Å². The van der Waals surface area contributed by atoms with E-state index in [0.29, 0.717) is 24.1 Å². The molecule has 4 saturated carbocycles. The molecule has 0 aromatic carbocycles. The molecule has 0 aliphatic heterocycles. The maximum absolute atomic E-state index is 14.3. The standard InChI is InChI=1S/C40H57N3O6/c1-23(2)31-25(44)20-40(33(46)43-29-22-41-18-19-42-29)17-16-38(8)24(32(31)40)10-11-27-37(7)14-13-28(49-30(45)21-35(3,4)34(47)48)36(5,6)26(37)12-15-39(27,38)9/h18-19,22-24,26-28H,10-17,20-21H2,1-9H3,(H,47,48)(H,42,43,46)/t24-,26+,27-,28+,37+,38-,39-,40-/m1/s1. The Kier molecular flexibility index (Phi) is 8.55. The van der Waals surface area contributed by atoms with E-state index in [9.17, 15) is 24.3 Å². The molecule has 1 amide bonds. The zero-order valence-electron chi connectivity index (χ0n) is 31.1. The molecule has 5 aliphatic carbocycles. The van der Waals surface area contributed by atoms with Gasteiger partial charge in [-0.1, -0.05) is 48.5 Å². The molecule has 49 heavy (non-hydrogen) atoms. The number of nitrogens with one attached hydrogen (secondary N) is 1. The van der Waals surface area contributed by atoms with Crippen molar-refractivity contribution in [2.75, 3.05) is 5.32 Å². The number of amides is 1. The minimum absolute atomic E-state index is 0.000536. The van der Waals surface area contributed by atoms with Gasteiger partial charge >= 0.3 is 11.9 Å². The number of carbonyl (C=O) groups excluding carboxylic acids is 3. The highest BCUT2D eigenvalue weighted by molar-refractivity contribution is 6.09. The number of allylic oxidation sites excluding steroid dienone is 1. The number of hydrogen-bond donors (Lipinski definition) is 2. The third-order valence-electron chi connectivity index (χ3n) is 15.0. The highest BCUT2D eigenvalue weighted by atomic mass is 16.5. The fraction of sp³-hybridized carbons (Fsp3) is 0.750. The molecule has 5 aliphatic rings. The van der Waals surface area contributed by atoms with Gasteiger partial charge in [-0.05, 0) is 116 Å². The predicted octanol–water partition coefficient (Wildman–Crippen LogP) is 7.81. The molecule has 0 saturated heterocycles. The lowest BCUT2D eigenvalue weighted by Crippen LogP contribution is -2.66. The first-order chi connectivity index (χ1) is 22.7. The number of nitrogens with zero attached hydrogens (tertiary/aromatic N) is 2. The number of aliphatic carboxylic acids is 1. The number of carboxylic acids is 1. The molecule has 1 aromatic heterocycles. The molecule has 9 nitrogen and oxygen atoms in total. The van der Waals surface area contributed by atoms with Crippen molar-refractivity contribution in [3.05, 3.63) is 29.7 Å². The van der Waals surface area contributed by atoms with Crippen LogP contribution in [0.3, 0.4) is 0 Å². The van der Waals surface area contributed by atoms with Crippen LogP contribution in [0.1, 0.15) is 127 Å². The Morgan fingerprint density at radius 3 is 2.31 bits per heavy atom. The number of anilines is 1. The van der Waals surface area contributed by atoms with Crippen LogP contribution in [0.5, 0.6) is 0 Å². The van der Waals surface area contributed by atoms with Crippen molar-refractivity contribution in [3.8, 4) is 0 Å². The van der Waals surface area contributed by atoms with Crippen LogP contribution in [0.25, 0.3) is 0 Å². The van der Waals surface area contributed by atoms with Crippen molar-refractivity contribution < 1.29 is 29.0 Å². The first-order valence-corrected chi connectivity index (χ1v) is 18.5. The first-order valence-electron chi connectivity index (χ1n) is 18.5. The summed E-state index contributed by atoms with van der Waals surface area (Å²) in [4.78, 5) is 61.4. The number of Topliss-reactive ketones (excluding diaryl/α,β-unsaturated/α-hetero) is 1. The van der Waals surface area contributed by atoms with Gasteiger partial charge in [-0.3, -0.25) is 24.2 Å². The van der Waals surface area contributed by atoms with E-state index in [1.807, 2.05) is 0 Å². The number of aromatic nitrogens is 2. The van der Waals surface area contributed by atoms with Gasteiger partial charge in [0.05, 0.1) is 23.4 Å². The van der Waals surface area contributed by atoms with E-state index in [2.05, 4.69) is 63.8 Å². The van der Waals surface area contributed by atoms with E-state index in [1.165, 1.54) is 0 Å². The van der Waals surface area contributed by atoms with Crippen molar-refractivity contribution in [1.82, 2.24) is 9.97 Å². The van der Waals surface area contributed by atoms with Crippen LogP contribution in [-0.4, -0.2) is 44.8 Å². The van der Waals surface area contributed by atoms with E-state index >= 15 is 0 Å². The fourth-order valence-electron chi connectivity index (χ4n) is 12.3. The second-order valence-electron chi connectivity index (χ2n) is 18.5. The lowest BCUT2D eigenvalue weighted by molar-refractivity contribution is -0.233. The van der Waals surface area contributed by atoms with Gasteiger partial charge < -0.3 is 15.2 Å². The van der Waals surface area contributed by atoms with E-state index in [0.717, 1.165) is 56.1 Å². The summed E-state index contributed by atoms with van der Waals surface area (Å²) in [5.74, 6) is -0.0597. The van der Waals surface area contributed by atoms with Crippen molar-refractivity contribution in [2.24, 2.45) is 56.2 Å². The summed E-state index contributed by atoms with van der Waals surface area (Å²) >= 11 is 0. The number of esters is 1. The van der Waals surface area contributed by atoms with Crippen LogP contribution in [0.15, 0.2) is 29.7 Å². The predicted molar refractivity (Wildman–Crippen MR) is 186 cm³/mol. The molecule has 2 N–H and O–H groups in total. The molecule has 268 valence electrons. The lowest BCUT2D eigenvalue weighted by atomic mass is 9.33. The molecule has 1 aromatic rings. The number of hydrogen-bond acceptors (Lipinski definition) is 7. The van der Waals surface area contributed by atoms with Crippen molar-refractivity contribution >= 4 is 29.4 Å². The van der Waals surface area contributed by atoms with Gasteiger partial charge in [-0.15, -0.1) is 0 Å². The molecule has 8 atom stereocenters. The highest BCUT2D eigenvalue weighted by Crippen LogP contribution is 2.76. The first kappa shape index (κ1) is 35.7. The lowest BCUT2D eigenvalue weighted by Gasteiger charge is -2.72. The third kappa shape index (κ3) is 5.21. The van der Waals surface area contributed by atoms with Gasteiger partial charge in [0.15, 0.2) is 11.6 Å². The highest BCUT2D eigenvalue weighted by Gasteiger charge is 2.71. The summed E-state index contributed by atoms with van der Waals surface area (Å²) in [7, 11) is 0. The molecule has 9 heteroatoms. The number of carbonyl (C=O) groups is 4. The second kappa shape index (κ2) is 11.7. The fourth-order valence-corrected chi connectivity index (χ4v) is 12.3. The van der Waals surface area contributed by atoms with Gasteiger partial charge in [0.2, 0.25) is 5.91 Å². The Morgan fingerprint density at radius 1 is 0.959 bits per heavy atom. The van der Waals surface area contributed by atoms with Gasteiger partial charge in [0.1, 0.15) is 6.10 Å². The molecular formula is C40H57N3O6. The summed E-state index contributed by atoms with van der Waals surface area (Å²) in [5.41, 5.74) is -0.365. The van der Waals surface area contributed by atoms with Gasteiger partial charge in [0, 0.05) is 24.2 Å². The van der Waals surface area contributed by atoms with E-state index in [1.54, 1.807) is 32.4 Å². The second-order valence-corrected chi connectivity index (χ2v) is 18.5. The molecule has 0 radical (unpaired) electrons. The van der Waals surface area contributed by atoms with E-state index < -0.39 is 22.8 Å². The quantitative estimate of drug-likeness (QED) is 0.280. The Hall–Kier alpha value is -3.10. The van der Waals surface area contributed by atoms with Crippen LogP contribution in [0.2, 0.25) is 0 Å². The van der Waals surface area contributed by atoms with Gasteiger partial charge in [0.25, 0.3) is 0 Å². The van der Waals surface area contributed by atoms with Crippen LogP contribution in [-0.2, 0) is 23.9 Å². The number of ketones is 1. The largest absolute Gasteiger partial charge is 0.481 e. The number of carboxylic acid groups (broad SMARTS) is 1. The average Bonchev–Trinajstić information content (AvgIpc) is 3.32.